The second-order valence-corrected chi connectivity index (χ2v) is 3.07. The number of benzene rings is 1. The van der Waals surface area contributed by atoms with Gasteiger partial charge in [0.05, 0.1) is 0 Å². The molecule has 76 valence electrons. The lowest BCUT2D eigenvalue weighted by atomic mass is 10.2. The molecule has 0 aliphatic carbocycles. The van der Waals surface area contributed by atoms with Crippen molar-refractivity contribution in [1.82, 2.24) is 0 Å². The maximum Gasteiger partial charge on any atom is 0.343 e. The van der Waals surface area contributed by atoms with Gasteiger partial charge in [-0.15, -0.1) is 0 Å². The van der Waals surface area contributed by atoms with Gasteiger partial charge in [-0.3, -0.25) is 4.99 Å². The molecule has 0 saturated carbocycles. The van der Waals surface area contributed by atoms with Crippen molar-refractivity contribution in [3.8, 4) is 0 Å². The van der Waals surface area contributed by atoms with Gasteiger partial charge in [0, 0.05) is 18.8 Å². The van der Waals surface area contributed by atoms with Crippen LogP contribution in [-0.4, -0.2) is 31.2 Å². The zero-order chi connectivity index (χ0) is 10.7. The summed E-state index contributed by atoms with van der Waals surface area (Å²) in [5, 5.41) is 0. The summed E-state index contributed by atoms with van der Waals surface area (Å²) in [6.07, 6.45) is 1.47. The van der Waals surface area contributed by atoms with Gasteiger partial charge >= 0.3 is 5.97 Å². The van der Waals surface area contributed by atoms with Gasteiger partial charge in [0.15, 0.2) is 6.04 Å². The third-order valence-corrected chi connectivity index (χ3v) is 2.01. The van der Waals surface area contributed by atoms with E-state index in [-0.39, 0.29) is 5.97 Å². The van der Waals surface area contributed by atoms with E-state index in [9.17, 15) is 4.79 Å². The number of rotatable bonds is 2. The summed E-state index contributed by atoms with van der Waals surface area (Å²) in [5.41, 5.74) is 0.804. The molecule has 1 heterocycles. The Morgan fingerprint density at radius 3 is 2.80 bits per heavy atom. The minimum Gasteiger partial charge on any atom is -0.405 e. The Labute approximate surface area is 87.3 Å². The zero-order valence-corrected chi connectivity index (χ0v) is 8.25. The van der Waals surface area contributed by atoms with Crippen LogP contribution in [0.4, 0.5) is 0 Å². The molecule has 1 aromatic rings. The number of hydrogen-bond donors (Lipinski definition) is 0. The standard InChI is InChI=1S/C11H10N2O2/c1-12-7-9-11(14)15-10(13-9)8-5-3-2-4-6-8/h2-7,9H,1H3. The SMILES string of the molecule is CN=CC1N=C(c2ccccc2)OC1=O. The zero-order valence-electron chi connectivity index (χ0n) is 8.25. The number of cyclic esters (lactones) is 1. The quantitative estimate of drug-likeness (QED) is 0.532. The van der Waals surface area contributed by atoms with Crippen molar-refractivity contribution in [2.45, 2.75) is 6.04 Å². The number of aliphatic imine (C=N–C) groups is 2. The van der Waals surface area contributed by atoms with Gasteiger partial charge < -0.3 is 4.74 Å². The van der Waals surface area contributed by atoms with Crippen molar-refractivity contribution in [3.05, 3.63) is 35.9 Å². The molecule has 1 unspecified atom stereocenters. The van der Waals surface area contributed by atoms with Gasteiger partial charge in [0.25, 0.3) is 0 Å². The molecule has 1 aromatic carbocycles. The van der Waals surface area contributed by atoms with Crippen molar-refractivity contribution >= 4 is 18.1 Å². The van der Waals surface area contributed by atoms with Crippen LogP contribution in [0, 0.1) is 0 Å². The first-order valence-electron chi connectivity index (χ1n) is 4.58. The minimum atomic E-state index is -0.592. The van der Waals surface area contributed by atoms with Crippen molar-refractivity contribution in [2.24, 2.45) is 9.98 Å². The maximum atomic E-state index is 11.3. The fourth-order valence-corrected chi connectivity index (χ4v) is 1.31. The maximum absolute atomic E-state index is 11.3. The van der Waals surface area contributed by atoms with Crippen molar-refractivity contribution in [2.75, 3.05) is 7.05 Å². The van der Waals surface area contributed by atoms with E-state index in [4.69, 9.17) is 4.74 Å². The van der Waals surface area contributed by atoms with E-state index in [1.54, 1.807) is 7.05 Å². The van der Waals surface area contributed by atoms with Crippen LogP contribution < -0.4 is 0 Å². The van der Waals surface area contributed by atoms with E-state index in [0.717, 1.165) is 5.56 Å². The number of carbonyl (C=O) groups excluding carboxylic acids is 1. The molecule has 15 heavy (non-hydrogen) atoms. The average molecular weight is 202 g/mol. The lowest BCUT2D eigenvalue weighted by molar-refractivity contribution is -0.133. The van der Waals surface area contributed by atoms with Crippen LogP contribution in [0.5, 0.6) is 0 Å². The predicted octanol–water partition coefficient (Wildman–Crippen LogP) is 1.06. The lowest BCUT2D eigenvalue weighted by Gasteiger charge is -1.97. The second kappa shape index (κ2) is 4.04. The van der Waals surface area contributed by atoms with Crippen LogP contribution in [-0.2, 0) is 9.53 Å². The Kier molecular flexibility index (Phi) is 2.58. The van der Waals surface area contributed by atoms with Crippen LogP contribution in [0.2, 0.25) is 0 Å². The molecular weight excluding hydrogens is 192 g/mol. The summed E-state index contributed by atoms with van der Waals surface area (Å²) < 4.78 is 5.03. The fourth-order valence-electron chi connectivity index (χ4n) is 1.31. The highest BCUT2D eigenvalue weighted by molar-refractivity contribution is 6.11. The van der Waals surface area contributed by atoms with Crippen molar-refractivity contribution in [3.63, 3.8) is 0 Å². The lowest BCUT2D eigenvalue weighted by Crippen LogP contribution is -2.16. The van der Waals surface area contributed by atoms with E-state index in [1.165, 1.54) is 6.21 Å². The molecule has 4 nitrogen and oxygen atoms in total. The van der Waals surface area contributed by atoms with Crippen LogP contribution in [0.3, 0.4) is 0 Å². The number of ether oxygens (including phenoxy) is 1. The predicted molar refractivity (Wildman–Crippen MR) is 57.3 cm³/mol. The molecule has 0 amide bonds. The van der Waals surface area contributed by atoms with Gasteiger partial charge in [-0.25, -0.2) is 9.79 Å². The summed E-state index contributed by atoms with van der Waals surface area (Å²) in [5.74, 6) is -0.00930. The topological polar surface area (TPSA) is 51.0 Å². The summed E-state index contributed by atoms with van der Waals surface area (Å²) in [7, 11) is 1.60. The molecule has 2 rings (SSSR count). The monoisotopic (exact) mass is 202 g/mol. The largest absolute Gasteiger partial charge is 0.405 e. The number of nitrogens with zero attached hydrogens (tertiary/aromatic N) is 2. The molecule has 0 aromatic heterocycles. The fraction of sp³-hybridized carbons (Fsp3) is 0.182. The molecule has 0 bridgehead atoms. The number of carbonyl (C=O) groups is 1. The van der Waals surface area contributed by atoms with E-state index in [1.807, 2.05) is 30.3 Å². The molecule has 0 fully saturated rings. The van der Waals surface area contributed by atoms with E-state index in [2.05, 4.69) is 9.98 Å². The van der Waals surface area contributed by atoms with Gasteiger partial charge in [0.1, 0.15) is 0 Å². The Morgan fingerprint density at radius 2 is 2.13 bits per heavy atom. The number of hydrogen-bond acceptors (Lipinski definition) is 4. The first-order chi connectivity index (χ1) is 7.31. The highest BCUT2D eigenvalue weighted by Crippen LogP contribution is 2.11. The van der Waals surface area contributed by atoms with Gasteiger partial charge in [0.2, 0.25) is 5.90 Å². The molecule has 0 spiro atoms. The van der Waals surface area contributed by atoms with E-state index in [0.29, 0.717) is 5.90 Å². The first kappa shape index (κ1) is 9.58. The molecule has 1 aliphatic heterocycles. The Bertz CT molecular complexity index is 423. The Balaban J connectivity index is 2.26. The minimum absolute atomic E-state index is 0.366. The number of esters is 1. The molecule has 1 atom stereocenters. The molecule has 0 saturated heterocycles. The van der Waals surface area contributed by atoms with Gasteiger partial charge in [-0.1, -0.05) is 18.2 Å². The van der Waals surface area contributed by atoms with Gasteiger partial charge in [-0.2, -0.15) is 0 Å². The van der Waals surface area contributed by atoms with Crippen LogP contribution in [0.25, 0.3) is 0 Å². The first-order valence-corrected chi connectivity index (χ1v) is 4.58. The second-order valence-electron chi connectivity index (χ2n) is 3.07. The normalized spacial score (nSPS) is 20.5. The summed E-state index contributed by atoms with van der Waals surface area (Å²) in [4.78, 5) is 19.2. The van der Waals surface area contributed by atoms with Crippen molar-refractivity contribution in [1.29, 1.82) is 0 Å². The van der Waals surface area contributed by atoms with Gasteiger partial charge in [-0.05, 0) is 12.1 Å². The van der Waals surface area contributed by atoms with E-state index < -0.39 is 6.04 Å². The Morgan fingerprint density at radius 1 is 1.40 bits per heavy atom. The van der Waals surface area contributed by atoms with Crippen molar-refractivity contribution < 1.29 is 9.53 Å². The van der Waals surface area contributed by atoms with Crippen LogP contribution in [0.15, 0.2) is 40.3 Å². The Hall–Kier alpha value is -1.97. The molecular formula is C11H10N2O2. The summed E-state index contributed by atoms with van der Waals surface area (Å²) in [6.45, 7) is 0. The molecule has 0 N–H and O–H groups in total. The van der Waals surface area contributed by atoms with Crippen LogP contribution in [0.1, 0.15) is 5.56 Å². The average Bonchev–Trinajstić information content (AvgIpc) is 2.63. The van der Waals surface area contributed by atoms with Crippen LogP contribution >= 0.6 is 0 Å². The van der Waals surface area contributed by atoms with E-state index >= 15 is 0 Å². The molecule has 0 radical (unpaired) electrons. The highest BCUT2D eigenvalue weighted by Gasteiger charge is 2.27. The molecule has 1 aliphatic rings. The molecule has 4 heteroatoms. The smallest absolute Gasteiger partial charge is 0.343 e. The third-order valence-electron chi connectivity index (χ3n) is 2.01. The summed E-state index contributed by atoms with van der Waals surface area (Å²) in [6, 6.07) is 8.73. The third kappa shape index (κ3) is 1.93. The summed E-state index contributed by atoms with van der Waals surface area (Å²) >= 11 is 0. The highest BCUT2D eigenvalue weighted by atomic mass is 16.6.